The number of primary amides is 1. The Hall–Kier alpha value is -0.720. The van der Waals surface area contributed by atoms with Crippen molar-refractivity contribution in [2.75, 3.05) is 0 Å². The Balaban J connectivity index is 2.55. The summed E-state index contributed by atoms with van der Waals surface area (Å²) >= 11 is 1.17. The van der Waals surface area contributed by atoms with Crippen molar-refractivity contribution < 1.29 is 4.79 Å². The second kappa shape index (κ2) is 2.26. The highest BCUT2D eigenvalue weighted by Crippen LogP contribution is 2.13. The average Bonchev–Trinajstić information content (AvgIpc) is 2.14. The third kappa shape index (κ3) is 1.35. The number of carbonyl (C=O) groups is 1. The largest absolute Gasteiger partial charge is 0.364 e. The fourth-order valence-electron chi connectivity index (χ4n) is 0.394. The summed E-state index contributed by atoms with van der Waals surface area (Å²) in [4.78, 5) is 10.3. The summed E-state index contributed by atoms with van der Waals surface area (Å²) in [5.41, 5.74) is 7.73. The van der Waals surface area contributed by atoms with Gasteiger partial charge in [0.25, 0.3) is 5.91 Å². The Morgan fingerprint density at radius 2 is 2.56 bits per heavy atom. The summed E-state index contributed by atoms with van der Waals surface area (Å²) in [6.45, 7) is 0. The van der Waals surface area contributed by atoms with Gasteiger partial charge >= 0.3 is 0 Å². The molecule has 0 aromatic carbocycles. The minimum Gasteiger partial charge on any atom is -0.364 e. The number of carbonyl (C=O) groups excluding carboxylic acids is 1. The van der Waals surface area contributed by atoms with Gasteiger partial charge in [0.1, 0.15) is 5.70 Å². The van der Waals surface area contributed by atoms with E-state index in [0.29, 0.717) is 5.70 Å². The van der Waals surface area contributed by atoms with Crippen molar-refractivity contribution in [3.8, 4) is 0 Å². The minimum atomic E-state index is -0.504. The molecule has 1 amide bonds. The molecule has 0 saturated carbocycles. The molecule has 0 fully saturated rings. The van der Waals surface area contributed by atoms with E-state index in [1.807, 2.05) is 0 Å². The van der Waals surface area contributed by atoms with Crippen molar-refractivity contribution in [1.82, 2.24) is 9.95 Å². The SMILES string of the molecule is NC(=O)C1=CSN(N)N1. The number of hydrogen-bond acceptors (Lipinski definition) is 5. The molecule has 1 heterocycles. The summed E-state index contributed by atoms with van der Waals surface area (Å²) < 4.78 is 1.19. The Bertz CT molecular complexity index is 167. The Morgan fingerprint density at radius 3 is 2.78 bits per heavy atom. The lowest BCUT2D eigenvalue weighted by Crippen LogP contribution is -2.36. The van der Waals surface area contributed by atoms with Gasteiger partial charge in [0.15, 0.2) is 0 Å². The highest BCUT2D eigenvalue weighted by atomic mass is 32.2. The van der Waals surface area contributed by atoms with E-state index >= 15 is 0 Å². The van der Waals surface area contributed by atoms with Crippen LogP contribution in [-0.2, 0) is 4.79 Å². The molecule has 0 atom stereocenters. The van der Waals surface area contributed by atoms with Crippen LogP contribution in [0.15, 0.2) is 11.1 Å². The molecule has 0 aliphatic carbocycles. The highest BCUT2D eigenvalue weighted by Gasteiger charge is 2.13. The van der Waals surface area contributed by atoms with E-state index < -0.39 is 5.91 Å². The van der Waals surface area contributed by atoms with Crippen molar-refractivity contribution in [3.05, 3.63) is 11.1 Å². The highest BCUT2D eigenvalue weighted by molar-refractivity contribution is 8.00. The van der Waals surface area contributed by atoms with Crippen molar-refractivity contribution in [2.45, 2.75) is 0 Å². The Kier molecular flexibility index (Phi) is 1.60. The molecule has 5 nitrogen and oxygen atoms in total. The lowest BCUT2D eigenvalue weighted by atomic mass is 10.5. The normalized spacial score (nSPS) is 19.0. The maximum atomic E-state index is 10.3. The van der Waals surface area contributed by atoms with E-state index in [1.165, 1.54) is 16.5 Å². The molecule has 1 rings (SSSR count). The third-order valence-corrected chi connectivity index (χ3v) is 1.44. The quantitative estimate of drug-likeness (QED) is 0.315. The average molecular weight is 146 g/mol. The zero-order valence-electron chi connectivity index (χ0n) is 4.50. The van der Waals surface area contributed by atoms with E-state index in [0.717, 1.165) is 0 Å². The van der Waals surface area contributed by atoms with Crippen LogP contribution in [0.4, 0.5) is 0 Å². The molecule has 50 valence electrons. The first kappa shape index (κ1) is 6.40. The predicted molar refractivity (Wildman–Crippen MR) is 34.0 cm³/mol. The number of amides is 1. The van der Waals surface area contributed by atoms with Gasteiger partial charge < -0.3 is 5.73 Å². The summed E-state index contributed by atoms with van der Waals surface area (Å²) in [7, 11) is 0. The first-order valence-electron chi connectivity index (χ1n) is 2.18. The van der Waals surface area contributed by atoms with Gasteiger partial charge in [-0.3, -0.25) is 10.2 Å². The fourth-order valence-corrected chi connectivity index (χ4v) is 0.933. The van der Waals surface area contributed by atoms with E-state index in [2.05, 4.69) is 5.43 Å². The molecule has 1 aliphatic heterocycles. The van der Waals surface area contributed by atoms with Gasteiger partial charge in [-0.05, 0) is 11.9 Å². The number of nitrogens with one attached hydrogen (secondary N) is 1. The zero-order valence-corrected chi connectivity index (χ0v) is 5.31. The van der Waals surface area contributed by atoms with Crippen LogP contribution in [0.5, 0.6) is 0 Å². The van der Waals surface area contributed by atoms with Gasteiger partial charge in [-0.15, -0.1) is 0 Å². The van der Waals surface area contributed by atoms with E-state index in [9.17, 15) is 4.79 Å². The van der Waals surface area contributed by atoms with E-state index in [1.54, 1.807) is 5.41 Å². The van der Waals surface area contributed by atoms with Gasteiger partial charge in [-0.1, -0.05) is 4.52 Å². The van der Waals surface area contributed by atoms with E-state index in [-0.39, 0.29) is 0 Å². The summed E-state index contributed by atoms with van der Waals surface area (Å²) in [5, 5.41) is 1.54. The lowest BCUT2D eigenvalue weighted by Gasteiger charge is -2.05. The van der Waals surface area contributed by atoms with Crippen LogP contribution in [0, 0.1) is 0 Å². The Morgan fingerprint density at radius 1 is 1.89 bits per heavy atom. The van der Waals surface area contributed by atoms with Gasteiger partial charge in [-0.2, -0.15) is 0 Å². The molecule has 6 heteroatoms. The number of rotatable bonds is 1. The second-order valence-corrected chi connectivity index (χ2v) is 2.28. The van der Waals surface area contributed by atoms with Crippen LogP contribution < -0.4 is 17.0 Å². The number of nitrogens with zero attached hydrogens (tertiary/aromatic N) is 1. The first-order valence-corrected chi connectivity index (χ1v) is 3.02. The van der Waals surface area contributed by atoms with Gasteiger partial charge in [-0.25, -0.2) is 5.84 Å². The summed E-state index contributed by atoms with van der Waals surface area (Å²) in [5.74, 6) is 4.68. The standard InChI is InChI=1S/C3H6N4OS/c4-3(8)2-1-9-7(5)6-2/h1,6H,5H2,(H2,4,8). The van der Waals surface area contributed by atoms with Gasteiger partial charge in [0, 0.05) is 5.41 Å². The lowest BCUT2D eigenvalue weighted by molar-refractivity contribution is -0.115. The monoisotopic (exact) mass is 146 g/mol. The van der Waals surface area contributed by atoms with Crippen molar-refractivity contribution in [2.24, 2.45) is 11.6 Å². The molecular formula is C3H6N4OS. The second-order valence-electron chi connectivity index (χ2n) is 1.44. The summed E-state index contributed by atoms with van der Waals surface area (Å²) in [6.07, 6.45) is 0. The predicted octanol–water partition coefficient (Wildman–Crippen LogP) is -1.34. The first-order chi connectivity index (χ1) is 4.20. The Labute approximate surface area is 56.1 Å². The van der Waals surface area contributed by atoms with Crippen LogP contribution >= 0.6 is 11.9 Å². The smallest absolute Gasteiger partial charge is 0.266 e. The van der Waals surface area contributed by atoms with Crippen molar-refractivity contribution in [3.63, 3.8) is 0 Å². The van der Waals surface area contributed by atoms with Crippen LogP contribution in [0.2, 0.25) is 0 Å². The molecule has 0 aromatic heterocycles. The minimum absolute atomic E-state index is 0.322. The number of hydrazine groups is 2. The zero-order chi connectivity index (χ0) is 6.85. The number of hydrogen-bond donors (Lipinski definition) is 3. The molecule has 5 N–H and O–H groups in total. The molecular weight excluding hydrogens is 140 g/mol. The fraction of sp³-hybridized carbons (Fsp3) is 0. The molecule has 0 saturated heterocycles. The van der Waals surface area contributed by atoms with Crippen LogP contribution in [0.3, 0.4) is 0 Å². The van der Waals surface area contributed by atoms with Gasteiger partial charge in [0.05, 0.1) is 0 Å². The molecule has 0 spiro atoms. The molecule has 0 unspecified atom stereocenters. The third-order valence-electron chi connectivity index (χ3n) is 0.780. The van der Waals surface area contributed by atoms with Crippen LogP contribution in [0.1, 0.15) is 0 Å². The molecule has 0 radical (unpaired) electrons. The molecule has 9 heavy (non-hydrogen) atoms. The van der Waals surface area contributed by atoms with E-state index in [4.69, 9.17) is 11.6 Å². The molecule has 0 aromatic rings. The van der Waals surface area contributed by atoms with Crippen molar-refractivity contribution >= 4 is 17.9 Å². The number of nitrogens with two attached hydrogens (primary N) is 2. The van der Waals surface area contributed by atoms with Crippen LogP contribution in [0.25, 0.3) is 0 Å². The summed E-state index contributed by atoms with van der Waals surface area (Å²) in [6, 6.07) is 0. The maximum absolute atomic E-state index is 10.3. The topological polar surface area (TPSA) is 84.4 Å². The molecule has 0 bridgehead atoms. The van der Waals surface area contributed by atoms with Crippen molar-refractivity contribution in [1.29, 1.82) is 0 Å². The molecule has 1 aliphatic rings. The maximum Gasteiger partial charge on any atom is 0.266 e. The van der Waals surface area contributed by atoms with Gasteiger partial charge in [0.2, 0.25) is 0 Å². The van der Waals surface area contributed by atoms with Crippen LogP contribution in [-0.4, -0.2) is 10.4 Å².